The fourth-order valence-corrected chi connectivity index (χ4v) is 1.11. The Balaban J connectivity index is 2.83. The molecule has 0 saturated carbocycles. The molecule has 1 nitrogen and oxygen atoms in total. The molecule has 0 radical (unpaired) electrons. The Morgan fingerprint density at radius 2 is 2.23 bits per heavy atom. The fourth-order valence-electron chi connectivity index (χ4n) is 1.11. The SMILES string of the molecule is Cc1c(F)cccc1C=CCCN. The summed E-state index contributed by atoms with van der Waals surface area (Å²) in [6.07, 6.45) is 4.70. The van der Waals surface area contributed by atoms with Gasteiger partial charge in [-0.15, -0.1) is 0 Å². The van der Waals surface area contributed by atoms with Crippen molar-refractivity contribution in [1.82, 2.24) is 0 Å². The van der Waals surface area contributed by atoms with E-state index in [1.54, 1.807) is 13.0 Å². The molecule has 0 amide bonds. The molecule has 0 bridgehead atoms. The second kappa shape index (κ2) is 4.77. The number of nitrogens with two attached hydrogens (primary N) is 1. The molecule has 0 unspecified atom stereocenters. The molecule has 1 aromatic carbocycles. The lowest BCUT2D eigenvalue weighted by Gasteiger charge is -2.00. The summed E-state index contributed by atoms with van der Waals surface area (Å²) >= 11 is 0. The van der Waals surface area contributed by atoms with E-state index in [9.17, 15) is 4.39 Å². The fraction of sp³-hybridized carbons (Fsp3) is 0.273. The van der Waals surface area contributed by atoms with Crippen molar-refractivity contribution in [2.75, 3.05) is 6.54 Å². The number of benzene rings is 1. The summed E-state index contributed by atoms with van der Waals surface area (Å²) in [4.78, 5) is 0. The smallest absolute Gasteiger partial charge is 0.126 e. The minimum absolute atomic E-state index is 0.158. The second-order valence-corrected chi connectivity index (χ2v) is 2.93. The van der Waals surface area contributed by atoms with Gasteiger partial charge in [0.2, 0.25) is 0 Å². The van der Waals surface area contributed by atoms with Crippen LogP contribution in [0, 0.1) is 12.7 Å². The summed E-state index contributed by atoms with van der Waals surface area (Å²) in [6.45, 7) is 2.41. The zero-order valence-electron chi connectivity index (χ0n) is 7.76. The van der Waals surface area contributed by atoms with Gasteiger partial charge in [-0.2, -0.15) is 0 Å². The molecular formula is C11H14FN. The largest absolute Gasteiger partial charge is 0.330 e. The standard InChI is InChI=1S/C11H14FN/c1-9-10(5-2-3-8-13)6-4-7-11(9)12/h2,4-7H,3,8,13H2,1H3. The minimum atomic E-state index is -0.158. The number of rotatable bonds is 3. The molecule has 0 aromatic heterocycles. The third-order valence-electron chi connectivity index (χ3n) is 1.94. The van der Waals surface area contributed by atoms with Crippen LogP contribution in [0.3, 0.4) is 0 Å². The van der Waals surface area contributed by atoms with Crippen LogP contribution in [0.4, 0.5) is 4.39 Å². The van der Waals surface area contributed by atoms with Crippen molar-refractivity contribution in [1.29, 1.82) is 0 Å². The van der Waals surface area contributed by atoms with Crippen LogP contribution in [-0.2, 0) is 0 Å². The average molecular weight is 179 g/mol. The lowest BCUT2D eigenvalue weighted by molar-refractivity contribution is 0.618. The van der Waals surface area contributed by atoms with E-state index in [2.05, 4.69) is 0 Å². The molecule has 1 rings (SSSR count). The summed E-state index contributed by atoms with van der Waals surface area (Å²) in [7, 11) is 0. The topological polar surface area (TPSA) is 26.0 Å². The molecule has 0 atom stereocenters. The molecule has 0 saturated heterocycles. The van der Waals surface area contributed by atoms with Gasteiger partial charge in [-0.05, 0) is 37.1 Å². The highest BCUT2D eigenvalue weighted by molar-refractivity contribution is 5.53. The Hall–Kier alpha value is -1.15. The maximum absolute atomic E-state index is 13.0. The second-order valence-electron chi connectivity index (χ2n) is 2.93. The number of halogens is 1. The summed E-state index contributed by atoms with van der Waals surface area (Å²) in [6, 6.07) is 5.07. The predicted octanol–water partition coefficient (Wildman–Crippen LogP) is 2.50. The third kappa shape index (κ3) is 2.67. The molecule has 2 N–H and O–H groups in total. The average Bonchev–Trinajstić information content (AvgIpc) is 2.13. The number of hydrogen-bond donors (Lipinski definition) is 1. The third-order valence-corrected chi connectivity index (χ3v) is 1.94. The highest BCUT2D eigenvalue weighted by Gasteiger charge is 1.98. The molecule has 0 heterocycles. The van der Waals surface area contributed by atoms with E-state index >= 15 is 0 Å². The first kappa shape index (κ1) is 9.93. The first-order chi connectivity index (χ1) is 6.25. The van der Waals surface area contributed by atoms with Crippen molar-refractivity contribution in [2.24, 2.45) is 5.73 Å². The molecule has 0 fully saturated rings. The summed E-state index contributed by atoms with van der Waals surface area (Å²) in [5.41, 5.74) is 6.95. The Bertz CT molecular complexity index is 305. The van der Waals surface area contributed by atoms with Crippen LogP contribution in [0.1, 0.15) is 17.5 Å². The van der Waals surface area contributed by atoms with E-state index < -0.39 is 0 Å². The normalized spacial score (nSPS) is 11.0. The van der Waals surface area contributed by atoms with Crippen LogP contribution in [0.25, 0.3) is 6.08 Å². The zero-order valence-corrected chi connectivity index (χ0v) is 7.76. The Kier molecular flexibility index (Phi) is 3.65. The lowest BCUT2D eigenvalue weighted by Crippen LogP contribution is -1.95. The molecule has 1 aromatic rings. The van der Waals surface area contributed by atoms with Gasteiger partial charge in [-0.25, -0.2) is 4.39 Å². The van der Waals surface area contributed by atoms with E-state index in [0.717, 1.165) is 12.0 Å². The van der Waals surface area contributed by atoms with Crippen LogP contribution in [0.2, 0.25) is 0 Å². The molecule has 13 heavy (non-hydrogen) atoms. The van der Waals surface area contributed by atoms with Crippen LogP contribution >= 0.6 is 0 Å². The van der Waals surface area contributed by atoms with E-state index in [0.29, 0.717) is 12.1 Å². The van der Waals surface area contributed by atoms with Gasteiger partial charge in [0.25, 0.3) is 0 Å². The van der Waals surface area contributed by atoms with Gasteiger partial charge in [0, 0.05) is 0 Å². The van der Waals surface area contributed by atoms with Gasteiger partial charge in [0.1, 0.15) is 5.82 Å². The van der Waals surface area contributed by atoms with Gasteiger partial charge < -0.3 is 5.73 Å². The Morgan fingerprint density at radius 3 is 2.92 bits per heavy atom. The zero-order chi connectivity index (χ0) is 9.68. The summed E-state index contributed by atoms with van der Waals surface area (Å²) in [5, 5.41) is 0. The van der Waals surface area contributed by atoms with Crippen molar-refractivity contribution in [3.63, 3.8) is 0 Å². The van der Waals surface area contributed by atoms with Gasteiger partial charge >= 0.3 is 0 Å². The van der Waals surface area contributed by atoms with Crippen molar-refractivity contribution in [3.8, 4) is 0 Å². The molecule has 70 valence electrons. The summed E-state index contributed by atoms with van der Waals surface area (Å²) in [5.74, 6) is -0.158. The van der Waals surface area contributed by atoms with Crippen molar-refractivity contribution in [3.05, 3.63) is 41.2 Å². The van der Waals surface area contributed by atoms with Gasteiger partial charge in [-0.3, -0.25) is 0 Å². The first-order valence-corrected chi connectivity index (χ1v) is 4.37. The highest BCUT2D eigenvalue weighted by atomic mass is 19.1. The van der Waals surface area contributed by atoms with Gasteiger partial charge in [0.15, 0.2) is 0 Å². The van der Waals surface area contributed by atoms with E-state index in [1.165, 1.54) is 6.07 Å². The van der Waals surface area contributed by atoms with Crippen molar-refractivity contribution in [2.45, 2.75) is 13.3 Å². The molecule has 2 heteroatoms. The Labute approximate surface area is 78.1 Å². The molecule has 0 spiro atoms. The van der Waals surface area contributed by atoms with Crippen LogP contribution in [0.15, 0.2) is 24.3 Å². The van der Waals surface area contributed by atoms with Crippen molar-refractivity contribution < 1.29 is 4.39 Å². The Morgan fingerprint density at radius 1 is 1.46 bits per heavy atom. The van der Waals surface area contributed by atoms with E-state index in [4.69, 9.17) is 5.73 Å². The van der Waals surface area contributed by atoms with Crippen molar-refractivity contribution >= 4 is 6.08 Å². The highest BCUT2D eigenvalue weighted by Crippen LogP contribution is 2.13. The maximum Gasteiger partial charge on any atom is 0.126 e. The minimum Gasteiger partial charge on any atom is -0.330 e. The molecular weight excluding hydrogens is 165 g/mol. The van der Waals surface area contributed by atoms with Crippen LogP contribution < -0.4 is 5.73 Å². The van der Waals surface area contributed by atoms with Crippen LogP contribution in [-0.4, -0.2) is 6.54 Å². The first-order valence-electron chi connectivity index (χ1n) is 4.37. The quantitative estimate of drug-likeness (QED) is 0.758. The summed E-state index contributed by atoms with van der Waals surface area (Å²) < 4.78 is 13.0. The monoisotopic (exact) mass is 179 g/mol. The van der Waals surface area contributed by atoms with Gasteiger partial charge in [0.05, 0.1) is 0 Å². The lowest BCUT2D eigenvalue weighted by atomic mass is 10.1. The predicted molar refractivity (Wildman–Crippen MR) is 53.8 cm³/mol. The number of hydrogen-bond acceptors (Lipinski definition) is 1. The molecule has 0 aliphatic heterocycles. The van der Waals surface area contributed by atoms with Gasteiger partial charge in [-0.1, -0.05) is 24.3 Å². The maximum atomic E-state index is 13.0. The molecule has 0 aliphatic carbocycles. The molecule has 0 aliphatic rings. The van der Waals surface area contributed by atoms with Crippen LogP contribution in [0.5, 0.6) is 0 Å². The van der Waals surface area contributed by atoms with E-state index in [1.807, 2.05) is 18.2 Å². The van der Waals surface area contributed by atoms with E-state index in [-0.39, 0.29) is 5.82 Å².